The molecule has 1 aliphatic rings. The lowest BCUT2D eigenvalue weighted by atomic mass is 9.98. The molecule has 0 bridgehead atoms. The minimum atomic E-state index is 0.269. The van der Waals surface area contributed by atoms with Crippen LogP contribution in [0.5, 0.6) is 11.5 Å². The van der Waals surface area contributed by atoms with Crippen molar-refractivity contribution in [2.24, 2.45) is 5.92 Å². The van der Waals surface area contributed by atoms with Crippen molar-refractivity contribution in [1.29, 1.82) is 0 Å². The van der Waals surface area contributed by atoms with E-state index in [0.29, 0.717) is 0 Å². The third-order valence-electron chi connectivity index (χ3n) is 3.23. The predicted octanol–water partition coefficient (Wildman–Crippen LogP) is 1.86. The third-order valence-corrected chi connectivity index (χ3v) is 3.23. The van der Waals surface area contributed by atoms with Gasteiger partial charge in [-0.2, -0.15) is 0 Å². The van der Waals surface area contributed by atoms with Crippen LogP contribution in [-0.4, -0.2) is 26.8 Å². The Labute approximate surface area is 108 Å². The van der Waals surface area contributed by atoms with Crippen LogP contribution in [0.4, 0.5) is 0 Å². The Morgan fingerprint density at radius 2 is 2.33 bits per heavy atom. The van der Waals surface area contributed by atoms with Crippen LogP contribution in [0.3, 0.4) is 0 Å². The molecule has 0 radical (unpaired) electrons. The van der Waals surface area contributed by atoms with E-state index in [1.165, 1.54) is 12.0 Å². The van der Waals surface area contributed by atoms with Crippen molar-refractivity contribution >= 4 is 0 Å². The maximum atomic E-state index is 5.51. The fourth-order valence-corrected chi connectivity index (χ4v) is 2.30. The van der Waals surface area contributed by atoms with Crippen LogP contribution in [0.15, 0.2) is 18.2 Å². The minimum absolute atomic E-state index is 0.269. The molecule has 1 unspecified atom stereocenters. The normalized spacial score (nSPS) is 18.3. The smallest absolute Gasteiger partial charge is 0.162 e. The highest BCUT2D eigenvalue weighted by molar-refractivity contribution is 5.43. The van der Waals surface area contributed by atoms with Gasteiger partial charge in [0.15, 0.2) is 11.5 Å². The summed E-state index contributed by atoms with van der Waals surface area (Å²) in [5.74, 6) is 4.66. The van der Waals surface area contributed by atoms with Crippen molar-refractivity contribution in [2.75, 3.05) is 26.8 Å². The van der Waals surface area contributed by atoms with Gasteiger partial charge < -0.3 is 14.8 Å². The standard InChI is InChI=1S/C15H19NO2/c1-3-8-18-15-10-12(4-5-14(15)17-2)9-13-6-7-16-11-13/h1,4-5,10,13,16H,6-9,11H2,2H3. The number of hydrogen-bond donors (Lipinski definition) is 1. The van der Waals surface area contributed by atoms with E-state index < -0.39 is 0 Å². The molecule has 1 N–H and O–H groups in total. The predicted molar refractivity (Wildman–Crippen MR) is 72.0 cm³/mol. The molecule has 0 aromatic heterocycles. The van der Waals surface area contributed by atoms with Gasteiger partial charge in [0.2, 0.25) is 0 Å². The summed E-state index contributed by atoms with van der Waals surface area (Å²) in [6.07, 6.45) is 7.53. The zero-order valence-electron chi connectivity index (χ0n) is 10.7. The molecule has 2 rings (SSSR count). The first-order valence-electron chi connectivity index (χ1n) is 6.27. The van der Waals surface area contributed by atoms with Crippen molar-refractivity contribution in [1.82, 2.24) is 5.32 Å². The molecule has 1 saturated heterocycles. The highest BCUT2D eigenvalue weighted by atomic mass is 16.5. The van der Waals surface area contributed by atoms with Gasteiger partial charge in [-0.05, 0) is 49.5 Å². The first-order valence-corrected chi connectivity index (χ1v) is 6.27. The van der Waals surface area contributed by atoms with Gasteiger partial charge in [0.05, 0.1) is 7.11 Å². The van der Waals surface area contributed by atoms with Gasteiger partial charge in [-0.15, -0.1) is 6.42 Å². The lowest BCUT2D eigenvalue weighted by Crippen LogP contribution is -2.10. The first-order chi connectivity index (χ1) is 8.83. The number of hydrogen-bond acceptors (Lipinski definition) is 3. The quantitative estimate of drug-likeness (QED) is 0.803. The summed E-state index contributed by atoms with van der Waals surface area (Å²) in [7, 11) is 1.64. The number of nitrogens with one attached hydrogen (secondary N) is 1. The van der Waals surface area contributed by atoms with Crippen LogP contribution < -0.4 is 14.8 Å². The van der Waals surface area contributed by atoms with Gasteiger partial charge in [0.1, 0.15) is 6.61 Å². The Hall–Kier alpha value is -1.66. The van der Waals surface area contributed by atoms with E-state index in [1.807, 2.05) is 12.1 Å². The topological polar surface area (TPSA) is 30.5 Å². The molecule has 3 nitrogen and oxygen atoms in total. The Morgan fingerprint density at radius 3 is 3.00 bits per heavy atom. The largest absolute Gasteiger partial charge is 0.493 e. The Kier molecular flexibility index (Phi) is 4.49. The number of methoxy groups -OCH3 is 1. The van der Waals surface area contributed by atoms with E-state index in [-0.39, 0.29) is 6.61 Å². The molecule has 0 saturated carbocycles. The molecular weight excluding hydrogens is 226 g/mol. The summed E-state index contributed by atoms with van der Waals surface area (Å²) >= 11 is 0. The van der Waals surface area contributed by atoms with Crippen LogP contribution in [0.1, 0.15) is 12.0 Å². The van der Waals surface area contributed by atoms with E-state index in [0.717, 1.165) is 36.9 Å². The van der Waals surface area contributed by atoms with Crippen molar-refractivity contribution < 1.29 is 9.47 Å². The van der Waals surface area contributed by atoms with E-state index in [9.17, 15) is 0 Å². The lowest BCUT2D eigenvalue weighted by molar-refractivity contribution is 0.330. The lowest BCUT2D eigenvalue weighted by Gasteiger charge is -2.13. The summed E-state index contributed by atoms with van der Waals surface area (Å²) in [5, 5.41) is 3.38. The fourth-order valence-electron chi connectivity index (χ4n) is 2.30. The fraction of sp³-hybridized carbons (Fsp3) is 0.467. The molecule has 1 aromatic carbocycles. The van der Waals surface area contributed by atoms with Crippen LogP contribution >= 0.6 is 0 Å². The van der Waals surface area contributed by atoms with Crippen molar-refractivity contribution in [3.05, 3.63) is 23.8 Å². The molecule has 1 aliphatic heterocycles. The second-order valence-electron chi connectivity index (χ2n) is 4.54. The molecule has 1 fully saturated rings. The monoisotopic (exact) mass is 245 g/mol. The number of rotatable bonds is 5. The SMILES string of the molecule is C#CCOc1cc(CC2CCNC2)ccc1OC. The highest BCUT2D eigenvalue weighted by Crippen LogP contribution is 2.29. The summed E-state index contributed by atoms with van der Waals surface area (Å²) < 4.78 is 10.8. The Balaban J connectivity index is 2.08. The van der Waals surface area contributed by atoms with E-state index in [2.05, 4.69) is 17.3 Å². The molecule has 96 valence electrons. The average Bonchev–Trinajstić information content (AvgIpc) is 2.89. The second kappa shape index (κ2) is 6.32. The summed E-state index contributed by atoms with van der Waals surface area (Å²) in [6, 6.07) is 6.08. The van der Waals surface area contributed by atoms with Crippen LogP contribution in [0, 0.1) is 18.3 Å². The van der Waals surface area contributed by atoms with E-state index in [4.69, 9.17) is 15.9 Å². The van der Waals surface area contributed by atoms with Gasteiger partial charge in [0, 0.05) is 0 Å². The molecule has 1 aromatic rings. The van der Waals surface area contributed by atoms with Crippen LogP contribution in [0.2, 0.25) is 0 Å². The molecule has 18 heavy (non-hydrogen) atoms. The maximum absolute atomic E-state index is 5.51. The summed E-state index contributed by atoms with van der Waals surface area (Å²) in [6.45, 7) is 2.50. The Bertz CT molecular complexity index is 431. The highest BCUT2D eigenvalue weighted by Gasteiger charge is 2.15. The average molecular weight is 245 g/mol. The molecule has 0 aliphatic carbocycles. The van der Waals surface area contributed by atoms with Crippen LogP contribution in [0.25, 0.3) is 0 Å². The zero-order chi connectivity index (χ0) is 12.8. The number of benzene rings is 1. The minimum Gasteiger partial charge on any atom is -0.493 e. The number of ether oxygens (including phenoxy) is 2. The van der Waals surface area contributed by atoms with Gasteiger partial charge in [0.25, 0.3) is 0 Å². The Morgan fingerprint density at radius 1 is 1.44 bits per heavy atom. The first kappa shape index (κ1) is 12.8. The maximum Gasteiger partial charge on any atom is 0.162 e. The van der Waals surface area contributed by atoms with Crippen molar-refractivity contribution in [3.63, 3.8) is 0 Å². The molecule has 0 amide bonds. The molecule has 0 spiro atoms. The summed E-state index contributed by atoms with van der Waals surface area (Å²) in [4.78, 5) is 0. The van der Waals surface area contributed by atoms with Gasteiger partial charge >= 0.3 is 0 Å². The molecular formula is C15H19NO2. The van der Waals surface area contributed by atoms with E-state index >= 15 is 0 Å². The van der Waals surface area contributed by atoms with Gasteiger partial charge in [-0.1, -0.05) is 12.0 Å². The van der Waals surface area contributed by atoms with Gasteiger partial charge in [-0.3, -0.25) is 0 Å². The second-order valence-corrected chi connectivity index (χ2v) is 4.54. The summed E-state index contributed by atoms with van der Waals surface area (Å²) in [5.41, 5.74) is 1.27. The molecule has 3 heteroatoms. The molecule has 1 atom stereocenters. The zero-order valence-corrected chi connectivity index (χ0v) is 10.7. The van der Waals surface area contributed by atoms with Crippen LogP contribution in [-0.2, 0) is 6.42 Å². The number of terminal acetylenes is 1. The molecule has 1 heterocycles. The van der Waals surface area contributed by atoms with Crippen molar-refractivity contribution in [2.45, 2.75) is 12.8 Å². The van der Waals surface area contributed by atoms with Gasteiger partial charge in [-0.25, -0.2) is 0 Å². The van der Waals surface area contributed by atoms with Crippen molar-refractivity contribution in [3.8, 4) is 23.8 Å². The third kappa shape index (κ3) is 3.18. The van der Waals surface area contributed by atoms with E-state index in [1.54, 1.807) is 7.11 Å².